The summed E-state index contributed by atoms with van der Waals surface area (Å²) in [4.78, 5) is 18.6. The molecule has 5 nitrogen and oxygen atoms in total. The van der Waals surface area contributed by atoms with Gasteiger partial charge in [-0.2, -0.15) is 0 Å². The van der Waals surface area contributed by atoms with E-state index in [2.05, 4.69) is 27.3 Å². The summed E-state index contributed by atoms with van der Waals surface area (Å²) in [5.74, 6) is -0.0198. The van der Waals surface area contributed by atoms with Crippen LogP contribution in [0.3, 0.4) is 0 Å². The Morgan fingerprint density at radius 3 is 3.25 bits per heavy atom. The minimum atomic E-state index is -0.0198. The lowest BCUT2D eigenvalue weighted by Crippen LogP contribution is -2.33. The van der Waals surface area contributed by atoms with Crippen molar-refractivity contribution in [3.63, 3.8) is 0 Å². The number of aromatic nitrogens is 1. The van der Waals surface area contributed by atoms with Gasteiger partial charge in [0.05, 0.1) is 11.1 Å². The number of ether oxygens (including phenoxy) is 1. The standard InChI is InChI=1S/C14H17N3O2S/c1-9-3-11-4-13(20-14(11)16-5-9)17-7-12(19-8-17)6-15-10(2)18/h3-5,12H,6-8H2,1-2H3,(H,15,18)/t12-/m0/s1. The number of pyridine rings is 1. The van der Waals surface area contributed by atoms with Gasteiger partial charge in [-0.1, -0.05) is 11.3 Å². The van der Waals surface area contributed by atoms with Crippen LogP contribution in [0.4, 0.5) is 5.00 Å². The average Bonchev–Trinajstić information content (AvgIpc) is 3.01. The molecule has 1 aliphatic heterocycles. The molecule has 6 heteroatoms. The molecule has 0 saturated carbocycles. The molecule has 1 atom stereocenters. The molecule has 1 fully saturated rings. The molecule has 1 saturated heterocycles. The summed E-state index contributed by atoms with van der Waals surface area (Å²) in [5.41, 5.74) is 1.17. The number of nitrogens with one attached hydrogen (secondary N) is 1. The summed E-state index contributed by atoms with van der Waals surface area (Å²) in [6.45, 7) is 5.50. The highest BCUT2D eigenvalue weighted by Crippen LogP contribution is 2.33. The van der Waals surface area contributed by atoms with Crippen LogP contribution in [-0.4, -0.2) is 36.8 Å². The fraction of sp³-hybridized carbons (Fsp3) is 0.429. The van der Waals surface area contributed by atoms with Crippen LogP contribution in [0.1, 0.15) is 12.5 Å². The fourth-order valence-corrected chi connectivity index (χ4v) is 3.25. The molecule has 3 rings (SSSR count). The molecule has 0 radical (unpaired) electrons. The van der Waals surface area contributed by atoms with Crippen LogP contribution in [-0.2, 0) is 9.53 Å². The van der Waals surface area contributed by atoms with E-state index in [0.29, 0.717) is 13.3 Å². The van der Waals surface area contributed by atoms with Crippen molar-refractivity contribution in [1.82, 2.24) is 10.3 Å². The number of anilines is 1. The first-order valence-electron chi connectivity index (χ1n) is 6.59. The molecule has 2 aromatic rings. The molecule has 0 aromatic carbocycles. The van der Waals surface area contributed by atoms with Gasteiger partial charge in [-0.05, 0) is 24.6 Å². The molecular weight excluding hydrogens is 274 g/mol. The number of carbonyl (C=O) groups is 1. The molecule has 1 amide bonds. The zero-order valence-corrected chi connectivity index (χ0v) is 12.4. The topological polar surface area (TPSA) is 54.5 Å². The van der Waals surface area contributed by atoms with E-state index in [1.165, 1.54) is 22.9 Å². The second-order valence-corrected chi connectivity index (χ2v) is 6.08. The average molecular weight is 291 g/mol. The molecule has 106 valence electrons. The van der Waals surface area contributed by atoms with E-state index >= 15 is 0 Å². The van der Waals surface area contributed by atoms with Crippen LogP contribution in [0.2, 0.25) is 0 Å². The number of thiophene rings is 1. The van der Waals surface area contributed by atoms with Crippen molar-refractivity contribution in [2.24, 2.45) is 0 Å². The van der Waals surface area contributed by atoms with E-state index in [0.717, 1.165) is 11.4 Å². The van der Waals surface area contributed by atoms with Crippen molar-refractivity contribution in [2.75, 3.05) is 24.7 Å². The Labute approximate surface area is 121 Å². The number of hydrogen-bond acceptors (Lipinski definition) is 5. The summed E-state index contributed by atoms with van der Waals surface area (Å²) in [5, 5.41) is 5.14. The molecule has 1 aliphatic rings. The Bertz CT molecular complexity index is 640. The van der Waals surface area contributed by atoms with Gasteiger partial charge in [0.2, 0.25) is 5.91 Å². The maximum atomic E-state index is 10.9. The first-order chi connectivity index (χ1) is 9.61. The molecular formula is C14H17N3O2S. The third-order valence-corrected chi connectivity index (χ3v) is 4.40. The molecule has 2 aromatic heterocycles. The van der Waals surface area contributed by atoms with Crippen LogP contribution in [0.15, 0.2) is 18.3 Å². The van der Waals surface area contributed by atoms with Crippen molar-refractivity contribution in [3.05, 3.63) is 23.9 Å². The van der Waals surface area contributed by atoms with Crippen LogP contribution in [0, 0.1) is 6.92 Å². The Hall–Kier alpha value is -1.66. The molecule has 0 aliphatic carbocycles. The maximum absolute atomic E-state index is 10.9. The van der Waals surface area contributed by atoms with Crippen molar-refractivity contribution >= 4 is 32.5 Å². The highest BCUT2D eigenvalue weighted by atomic mass is 32.1. The number of aryl methyl sites for hydroxylation is 1. The Morgan fingerprint density at radius 2 is 2.45 bits per heavy atom. The van der Waals surface area contributed by atoms with Crippen LogP contribution >= 0.6 is 11.3 Å². The monoisotopic (exact) mass is 291 g/mol. The Morgan fingerprint density at radius 1 is 1.60 bits per heavy atom. The Kier molecular flexibility index (Phi) is 3.58. The van der Waals surface area contributed by atoms with Gasteiger partial charge in [0, 0.05) is 31.6 Å². The lowest BCUT2D eigenvalue weighted by atomic mass is 10.2. The van der Waals surface area contributed by atoms with Gasteiger partial charge >= 0.3 is 0 Å². The smallest absolute Gasteiger partial charge is 0.216 e. The molecule has 0 spiro atoms. The largest absolute Gasteiger partial charge is 0.354 e. The first-order valence-corrected chi connectivity index (χ1v) is 7.40. The van der Waals surface area contributed by atoms with Crippen LogP contribution in [0.25, 0.3) is 10.2 Å². The SMILES string of the molecule is CC(=O)NC[C@H]1CN(c2cc3cc(C)cnc3s2)CO1. The highest BCUT2D eigenvalue weighted by molar-refractivity contribution is 7.22. The first kappa shape index (κ1) is 13.3. The molecule has 1 N–H and O–H groups in total. The van der Waals surface area contributed by atoms with E-state index in [4.69, 9.17) is 4.74 Å². The van der Waals surface area contributed by atoms with E-state index in [1.807, 2.05) is 13.1 Å². The number of hydrogen-bond donors (Lipinski definition) is 1. The lowest BCUT2D eigenvalue weighted by molar-refractivity contribution is -0.119. The highest BCUT2D eigenvalue weighted by Gasteiger charge is 2.24. The second kappa shape index (κ2) is 5.38. The van der Waals surface area contributed by atoms with E-state index < -0.39 is 0 Å². The van der Waals surface area contributed by atoms with Crippen molar-refractivity contribution in [1.29, 1.82) is 0 Å². The summed E-state index contributed by atoms with van der Waals surface area (Å²) in [7, 11) is 0. The molecule has 0 bridgehead atoms. The lowest BCUT2D eigenvalue weighted by Gasteiger charge is -2.13. The Balaban J connectivity index is 1.71. The third-order valence-electron chi connectivity index (χ3n) is 3.28. The second-order valence-electron chi connectivity index (χ2n) is 5.07. The quantitative estimate of drug-likeness (QED) is 0.938. The van der Waals surface area contributed by atoms with Gasteiger partial charge in [-0.15, -0.1) is 0 Å². The van der Waals surface area contributed by atoms with Gasteiger partial charge in [-0.3, -0.25) is 4.79 Å². The van der Waals surface area contributed by atoms with Gasteiger partial charge < -0.3 is 15.0 Å². The maximum Gasteiger partial charge on any atom is 0.216 e. The molecule has 20 heavy (non-hydrogen) atoms. The van der Waals surface area contributed by atoms with Crippen LogP contribution in [0.5, 0.6) is 0 Å². The van der Waals surface area contributed by atoms with Crippen molar-refractivity contribution in [2.45, 2.75) is 20.0 Å². The van der Waals surface area contributed by atoms with Crippen molar-refractivity contribution in [3.8, 4) is 0 Å². The van der Waals surface area contributed by atoms with Gasteiger partial charge in [0.25, 0.3) is 0 Å². The molecule has 3 heterocycles. The zero-order chi connectivity index (χ0) is 14.1. The number of nitrogens with zero attached hydrogens (tertiary/aromatic N) is 2. The summed E-state index contributed by atoms with van der Waals surface area (Å²) < 4.78 is 5.69. The number of rotatable bonds is 3. The van der Waals surface area contributed by atoms with Gasteiger partial charge in [-0.25, -0.2) is 4.98 Å². The predicted molar refractivity (Wildman–Crippen MR) is 80.1 cm³/mol. The fourth-order valence-electron chi connectivity index (χ4n) is 2.27. The normalized spacial score (nSPS) is 18.7. The summed E-state index contributed by atoms with van der Waals surface area (Å²) >= 11 is 1.68. The van der Waals surface area contributed by atoms with E-state index in [9.17, 15) is 4.79 Å². The van der Waals surface area contributed by atoms with E-state index in [-0.39, 0.29) is 12.0 Å². The van der Waals surface area contributed by atoms with E-state index in [1.54, 1.807) is 11.3 Å². The predicted octanol–water partition coefficient (Wildman–Crippen LogP) is 1.90. The number of carbonyl (C=O) groups excluding carboxylic acids is 1. The number of amides is 1. The van der Waals surface area contributed by atoms with Gasteiger partial charge in [0.1, 0.15) is 11.6 Å². The van der Waals surface area contributed by atoms with Crippen LogP contribution < -0.4 is 10.2 Å². The number of fused-ring (bicyclic) bond motifs is 1. The van der Waals surface area contributed by atoms with Gasteiger partial charge in [0.15, 0.2) is 0 Å². The molecule has 0 unspecified atom stereocenters. The summed E-state index contributed by atoms with van der Waals surface area (Å²) in [6, 6.07) is 4.30. The third kappa shape index (κ3) is 2.76. The minimum absolute atomic E-state index is 0.0198. The van der Waals surface area contributed by atoms with Crippen molar-refractivity contribution < 1.29 is 9.53 Å². The zero-order valence-electron chi connectivity index (χ0n) is 11.5. The summed E-state index contributed by atoms with van der Waals surface area (Å²) in [6.07, 6.45) is 1.95. The minimum Gasteiger partial charge on any atom is -0.354 e.